The topological polar surface area (TPSA) is 103 Å². The molecule has 0 aromatic carbocycles. The van der Waals surface area contributed by atoms with E-state index in [4.69, 9.17) is 24.7 Å². The molecule has 0 saturated carbocycles. The van der Waals surface area contributed by atoms with Gasteiger partial charge in [-0.25, -0.2) is 0 Å². The third-order valence-electron chi connectivity index (χ3n) is 5.63. The minimum Gasteiger partial charge on any atom is -0.392 e. The van der Waals surface area contributed by atoms with Crippen LogP contribution in [0.4, 0.5) is 0 Å². The van der Waals surface area contributed by atoms with Crippen molar-refractivity contribution in [2.24, 2.45) is 5.73 Å². The minimum absolute atomic E-state index is 0.421. The maximum atomic E-state index is 10.1. The summed E-state index contributed by atoms with van der Waals surface area (Å²) in [4.78, 5) is 0. The van der Waals surface area contributed by atoms with Crippen LogP contribution in [0.5, 0.6) is 0 Å². The number of ether oxygens (including phenoxy) is 4. The molecular formula is C21H41NO6. The zero-order chi connectivity index (χ0) is 20.6. The first kappa shape index (κ1) is 24.0. The summed E-state index contributed by atoms with van der Waals surface area (Å²) in [6.07, 6.45) is 9.22. The maximum absolute atomic E-state index is 10.1. The van der Waals surface area contributed by atoms with Crippen LogP contribution in [0.3, 0.4) is 0 Å². The molecule has 2 aliphatic heterocycles. The average Bonchev–Trinajstić information content (AvgIpc) is 3.13. The normalized spacial score (nSPS) is 31.1. The van der Waals surface area contributed by atoms with Gasteiger partial charge in [-0.15, -0.1) is 0 Å². The van der Waals surface area contributed by atoms with Crippen LogP contribution in [0.1, 0.15) is 85.0 Å². The van der Waals surface area contributed by atoms with E-state index in [0.29, 0.717) is 6.61 Å². The molecule has 5 atom stereocenters. The summed E-state index contributed by atoms with van der Waals surface area (Å²) in [5.74, 6) is -0.828. The molecule has 0 aliphatic carbocycles. The number of nitrogens with two attached hydrogens (primary N) is 1. The molecule has 7 nitrogen and oxygen atoms in total. The summed E-state index contributed by atoms with van der Waals surface area (Å²) >= 11 is 0. The molecule has 0 spiro atoms. The molecule has 0 radical (unpaired) electrons. The van der Waals surface area contributed by atoms with Crippen LogP contribution < -0.4 is 5.73 Å². The SMILES string of the molecule is CCCCCCCCCCCCO[C@@](N)(CO)[C@H]1O[C@@H](O)[C@H]2OC(C)(C)O[C@H]21. The predicted octanol–water partition coefficient (Wildman–Crippen LogP) is 2.81. The van der Waals surface area contributed by atoms with Crippen LogP contribution in [0.15, 0.2) is 0 Å². The fourth-order valence-corrected chi connectivity index (χ4v) is 4.04. The Labute approximate surface area is 169 Å². The third-order valence-corrected chi connectivity index (χ3v) is 5.63. The second kappa shape index (κ2) is 11.2. The van der Waals surface area contributed by atoms with Crippen molar-refractivity contribution >= 4 is 0 Å². The van der Waals surface area contributed by atoms with Gasteiger partial charge in [-0.05, 0) is 20.3 Å². The van der Waals surface area contributed by atoms with Gasteiger partial charge in [0, 0.05) is 6.61 Å². The van der Waals surface area contributed by atoms with Gasteiger partial charge in [0.25, 0.3) is 0 Å². The van der Waals surface area contributed by atoms with Crippen LogP contribution in [-0.2, 0) is 18.9 Å². The Kier molecular flexibility index (Phi) is 9.60. The second-order valence-corrected chi connectivity index (χ2v) is 8.66. The Morgan fingerprint density at radius 3 is 2.04 bits per heavy atom. The molecule has 0 unspecified atom stereocenters. The van der Waals surface area contributed by atoms with Crippen molar-refractivity contribution in [3.05, 3.63) is 0 Å². The summed E-state index contributed by atoms with van der Waals surface area (Å²) in [7, 11) is 0. The molecule has 7 heteroatoms. The lowest BCUT2D eigenvalue weighted by Crippen LogP contribution is -2.60. The van der Waals surface area contributed by atoms with Crippen molar-refractivity contribution in [1.29, 1.82) is 0 Å². The fraction of sp³-hybridized carbons (Fsp3) is 1.00. The Bertz CT molecular complexity index is 449. The molecule has 0 bridgehead atoms. The van der Waals surface area contributed by atoms with Crippen molar-refractivity contribution in [1.82, 2.24) is 0 Å². The van der Waals surface area contributed by atoms with Crippen molar-refractivity contribution in [3.63, 3.8) is 0 Å². The van der Waals surface area contributed by atoms with Gasteiger partial charge in [-0.3, -0.25) is 5.73 Å². The molecule has 0 aromatic heterocycles. The van der Waals surface area contributed by atoms with Gasteiger partial charge >= 0.3 is 0 Å². The summed E-state index contributed by atoms with van der Waals surface area (Å²) in [6, 6.07) is 0. The first-order valence-corrected chi connectivity index (χ1v) is 11.1. The number of aliphatic hydroxyl groups excluding tert-OH is 2. The first-order valence-electron chi connectivity index (χ1n) is 11.1. The molecule has 2 fully saturated rings. The maximum Gasteiger partial charge on any atom is 0.184 e. The van der Waals surface area contributed by atoms with Gasteiger partial charge < -0.3 is 29.2 Å². The van der Waals surface area contributed by atoms with Crippen molar-refractivity contribution in [2.75, 3.05) is 13.2 Å². The predicted molar refractivity (Wildman–Crippen MR) is 107 cm³/mol. The summed E-state index contributed by atoms with van der Waals surface area (Å²) < 4.78 is 22.8. The Hall–Kier alpha value is -0.280. The third kappa shape index (κ3) is 6.62. The summed E-state index contributed by atoms with van der Waals surface area (Å²) in [5, 5.41) is 19.9. The minimum atomic E-state index is -1.43. The van der Waals surface area contributed by atoms with Gasteiger partial charge in [0.05, 0.1) is 6.61 Å². The highest BCUT2D eigenvalue weighted by Crippen LogP contribution is 2.41. The molecule has 4 N–H and O–H groups in total. The van der Waals surface area contributed by atoms with E-state index in [2.05, 4.69) is 6.92 Å². The van der Waals surface area contributed by atoms with Crippen LogP contribution >= 0.6 is 0 Å². The zero-order valence-corrected chi connectivity index (χ0v) is 17.9. The number of hydrogen-bond donors (Lipinski definition) is 3. The molecule has 2 aliphatic rings. The number of unbranched alkanes of at least 4 members (excludes halogenated alkanes) is 9. The van der Waals surface area contributed by atoms with Crippen LogP contribution in [0.2, 0.25) is 0 Å². The standard InChI is InChI=1S/C21H41NO6/c1-4-5-6-7-8-9-10-11-12-13-14-25-21(22,15-23)18-16-17(19(24)26-18)28-20(2,3)27-16/h16-19,23-24H,4-15,22H2,1-3H3/t16-,17+,18+,19-,21+/m1/s1. The zero-order valence-electron chi connectivity index (χ0n) is 17.9. The molecular weight excluding hydrogens is 362 g/mol. The van der Waals surface area contributed by atoms with Crippen LogP contribution in [0, 0.1) is 0 Å². The van der Waals surface area contributed by atoms with Crippen LogP contribution in [-0.4, -0.2) is 59.5 Å². The van der Waals surface area contributed by atoms with Gasteiger partial charge in [0.1, 0.15) is 18.3 Å². The average molecular weight is 404 g/mol. The van der Waals surface area contributed by atoms with E-state index in [1.807, 2.05) is 0 Å². The Morgan fingerprint density at radius 1 is 0.929 bits per heavy atom. The monoisotopic (exact) mass is 403 g/mol. The summed E-state index contributed by atoms with van der Waals surface area (Å²) in [6.45, 7) is 5.80. The van der Waals surface area contributed by atoms with Crippen molar-refractivity contribution in [2.45, 2.75) is 121 Å². The number of hydrogen-bond acceptors (Lipinski definition) is 7. The quantitative estimate of drug-likeness (QED) is 0.303. The highest BCUT2D eigenvalue weighted by atomic mass is 16.8. The highest BCUT2D eigenvalue weighted by molar-refractivity contribution is 5.02. The van der Waals surface area contributed by atoms with Gasteiger partial charge in [0.15, 0.2) is 17.8 Å². The lowest BCUT2D eigenvalue weighted by molar-refractivity contribution is -0.254. The molecule has 166 valence electrons. The van der Waals surface area contributed by atoms with E-state index in [1.54, 1.807) is 13.8 Å². The fourth-order valence-electron chi connectivity index (χ4n) is 4.04. The van der Waals surface area contributed by atoms with Gasteiger partial charge in [-0.2, -0.15) is 0 Å². The molecule has 2 saturated heterocycles. The van der Waals surface area contributed by atoms with E-state index in [9.17, 15) is 10.2 Å². The summed E-state index contributed by atoms with van der Waals surface area (Å²) in [5.41, 5.74) is 4.86. The lowest BCUT2D eigenvalue weighted by Gasteiger charge is -2.35. The molecule has 0 amide bonds. The van der Waals surface area contributed by atoms with E-state index < -0.39 is 42.7 Å². The number of fused-ring (bicyclic) bond motifs is 1. The Morgan fingerprint density at radius 2 is 1.46 bits per heavy atom. The first-order chi connectivity index (χ1) is 13.3. The van der Waals surface area contributed by atoms with Crippen molar-refractivity contribution in [3.8, 4) is 0 Å². The van der Waals surface area contributed by atoms with E-state index in [0.717, 1.165) is 12.8 Å². The highest BCUT2D eigenvalue weighted by Gasteiger charge is 2.60. The molecule has 28 heavy (non-hydrogen) atoms. The van der Waals surface area contributed by atoms with E-state index in [-0.39, 0.29) is 0 Å². The van der Waals surface area contributed by atoms with Gasteiger partial charge in [0.2, 0.25) is 0 Å². The number of rotatable bonds is 14. The molecule has 2 rings (SSSR count). The van der Waals surface area contributed by atoms with Crippen molar-refractivity contribution < 1.29 is 29.2 Å². The largest absolute Gasteiger partial charge is 0.392 e. The number of aliphatic hydroxyl groups is 2. The van der Waals surface area contributed by atoms with E-state index in [1.165, 1.54) is 51.4 Å². The lowest BCUT2D eigenvalue weighted by atomic mass is 10.0. The van der Waals surface area contributed by atoms with E-state index >= 15 is 0 Å². The molecule has 0 aromatic rings. The smallest absolute Gasteiger partial charge is 0.184 e. The van der Waals surface area contributed by atoms with Gasteiger partial charge in [-0.1, -0.05) is 64.7 Å². The second-order valence-electron chi connectivity index (χ2n) is 8.66. The Balaban J connectivity index is 1.65. The molecule has 2 heterocycles. The van der Waals surface area contributed by atoms with Crippen LogP contribution in [0.25, 0.3) is 0 Å².